The summed E-state index contributed by atoms with van der Waals surface area (Å²) < 4.78 is 16.1. The van der Waals surface area contributed by atoms with Crippen molar-refractivity contribution in [1.29, 1.82) is 0 Å². The zero-order valence-corrected chi connectivity index (χ0v) is 19.3. The van der Waals surface area contributed by atoms with Crippen molar-refractivity contribution < 1.29 is 23.8 Å². The van der Waals surface area contributed by atoms with Crippen molar-refractivity contribution in [2.45, 2.75) is 38.1 Å². The van der Waals surface area contributed by atoms with Crippen molar-refractivity contribution >= 4 is 17.5 Å². The first-order valence-electron chi connectivity index (χ1n) is 12.1. The molecule has 0 bridgehead atoms. The molecule has 5 rings (SSSR count). The highest BCUT2D eigenvalue weighted by molar-refractivity contribution is 5.96. The number of amides is 2. The van der Waals surface area contributed by atoms with Crippen LogP contribution in [0.15, 0.2) is 42.5 Å². The maximum Gasteiger partial charge on any atom is 0.262 e. The van der Waals surface area contributed by atoms with E-state index in [9.17, 15) is 9.59 Å². The lowest BCUT2D eigenvalue weighted by Gasteiger charge is -2.44. The Kier molecular flexibility index (Phi) is 6.85. The molecule has 0 aromatic heterocycles. The Morgan fingerprint density at radius 2 is 1.79 bits per heavy atom. The standard InChI is InChI=1S/C26H31N3O5/c30-25(16-32-21-10-11-23-24(14-21)34-17-33-23)28-20-8-6-18(7-9-20)26(31)27-15-19-4-3-13-29-12-2-1-5-22(19)29/h6-11,14,19,22H,1-5,12-13,15-17H2,(H,27,31)(H,28,30)/t19-,22+/m0/s1. The minimum atomic E-state index is -0.288. The van der Waals surface area contributed by atoms with Crippen molar-refractivity contribution in [1.82, 2.24) is 10.2 Å². The molecular weight excluding hydrogens is 434 g/mol. The van der Waals surface area contributed by atoms with E-state index in [2.05, 4.69) is 15.5 Å². The van der Waals surface area contributed by atoms with Crippen molar-refractivity contribution in [3.63, 3.8) is 0 Å². The summed E-state index contributed by atoms with van der Waals surface area (Å²) in [6.07, 6.45) is 6.22. The smallest absolute Gasteiger partial charge is 0.262 e. The largest absolute Gasteiger partial charge is 0.484 e. The van der Waals surface area contributed by atoms with Crippen LogP contribution in [-0.4, -0.2) is 55.8 Å². The number of carbonyl (C=O) groups excluding carboxylic acids is 2. The molecule has 2 aromatic rings. The second kappa shape index (κ2) is 10.3. The van der Waals surface area contributed by atoms with Gasteiger partial charge in [0.05, 0.1) is 0 Å². The Hall–Kier alpha value is -3.26. The van der Waals surface area contributed by atoms with E-state index < -0.39 is 0 Å². The fourth-order valence-corrected chi connectivity index (χ4v) is 5.16. The molecule has 0 aliphatic carbocycles. The number of hydrogen-bond donors (Lipinski definition) is 2. The van der Waals surface area contributed by atoms with Gasteiger partial charge >= 0.3 is 0 Å². The number of benzene rings is 2. The van der Waals surface area contributed by atoms with Crippen LogP contribution in [0.25, 0.3) is 0 Å². The highest BCUT2D eigenvalue weighted by Crippen LogP contribution is 2.35. The van der Waals surface area contributed by atoms with E-state index in [0.29, 0.717) is 40.5 Å². The monoisotopic (exact) mass is 465 g/mol. The Labute approximate surface area is 199 Å². The average molecular weight is 466 g/mol. The van der Waals surface area contributed by atoms with Crippen LogP contribution in [0.2, 0.25) is 0 Å². The molecule has 2 saturated heterocycles. The molecule has 3 heterocycles. The Morgan fingerprint density at radius 1 is 0.971 bits per heavy atom. The summed E-state index contributed by atoms with van der Waals surface area (Å²) in [4.78, 5) is 27.5. The molecule has 3 aliphatic heterocycles. The maximum absolute atomic E-state index is 12.7. The molecule has 3 aliphatic rings. The SMILES string of the molecule is O=C(COc1ccc2c(c1)OCO2)Nc1ccc(C(=O)NC[C@@H]2CCCN3CCCC[C@H]23)cc1. The van der Waals surface area contributed by atoms with Gasteiger partial charge in [-0.05, 0) is 81.1 Å². The molecular formula is C26H31N3O5. The first-order valence-corrected chi connectivity index (χ1v) is 12.1. The van der Waals surface area contributed by atoms with Gasteiger partial charge in [0.2, 0.25) is 6.79 Å². The first kappa shape index (κ1) is 22.5. The van der Waals surface area contributed by atoms with Gasteiger partial charge in [-0.15, -0.1) is 0 Å². The molecule has 0 spiro atoms. The van der Waals surface area contributed by atoms with Crippen molar-refractivity contribution in [3.8, 4) is 17.2 Å². The number of carbonyl (C=O) groups is 2. The molecule has 8 heteroatoms. The summed E-state index contributed by atoms with van der Waals surface area (Å²) in [5.74, 6) is 1.96. The van der Waals surface area contributed by atoms with E-state index in [1.807, 2.05) is 0 Å². The molecule has 2 atom stereocenters. The highest BCUT2D eigenvalue weighted by atomic mass is 16.7. The second-order valence-electron chi connectivity index (χ2n) is 9.14. The number of ether oxygens (including phenoxy) is 3. The molecule has 0 radical (unpaired) electrons. The van der Waals surface area contributed by atoms with Crippen LogP contribution < -0.4 is 24.8 Å². The van der Waals surface area contributed by atoms with Crippen LogP contribution in [0.1, 0.15) is 42.5 Å². The van der Waals surface area contributed by atoms with E-state index in [1.54, 1.807) is 42.5 Å². The zero-order valence-electron chi connectivity index (χ0n) is 19.3. The predicted molar refractivity (Wildman–Crippen MR) is 127 cm³/mol. The lowest BCUT2D eigenvalue weighted by Crippen LogP contribution is -2.51. The van der Waals surface area contributed by atoms with Gasteiger partial charge in [-0.2, -0.15) is 0 Å². The van der Waals surface area contributed by atoms with Crippen molar-refractivity contribution in [2.24, 2.45) is 5.92 Å². The Bertz CT molecular complexity index is 1020. The Balaban J connectivity index is 1.08. The summed E-state index contributed by atoms with van der Waals surface area (Å²) in [7, 11) is 0. The van der Waals surface area contributed by atoms with Gasteiger partial charge in [-0.25, -0.2) is 0 Å². The minimum Gasteiger partial charge on any atom is -0.484 e. The fraction of sp³-hybridized carbons (Fsp3) is 0.462. The molecule has 8 nitrogen and oxygen atoms in total. The van der Waals surface area contributed by atoms with Crippen LogP contribution in [-0.2, 0) is 4.79 Å². The Morgan fingerprint density at radius 3 is 2.68 bits per heavy atom. The zero-order chi connectivity index (χ0) is 23.3. The predicted octanol–water partition coefficient (Wildman–Crippen LogP) is 3.43. The summed E-state index contributed by atoms with van der Waals surface area (Å²) in [6, 6.07) is 12.7. The van der Waals surface area contributed by atoms with E-state index in [4.69, 9.17) is 14.2 Å². The van der Waals surface area contributed by atoms with E-state index in [-0.39, 0.29) is 25.2 Å². The third kappa shape index (κ3) is 5.28. The van der Waals surface area contributed by atoms with Crippen LogP contribution in [0.4, 0.5) is 5.69 Å². The molecule has 2 amide bonds. The summed E-state index contributed by atoms with van der Waals surface area (Å²) >= 11 is 0. The molecule has 2 N–H and O–H groups in total. The molecule has 2 fully saturated rings. The lowest BCUT2D eigenvalue weighted by atomic mass is 9.83. The highest BCUT2D eigenvalue weighted by Gasteiger charge is 2.32. The molecule has 0 unspecified atom stereocenters. The van der Waals surface area contributed by atoms with Crippen LogP contribution in [0, 0.1) is 5.92 Å². The van der Waals surface area contributed by atoms with Gasteiger partial charge in [0, 0.05) is 29.9 Å². The first-order chi connectivity index (χ1) is 16.7. The van der Waals surface area contributed by atoms with Gasteiger partial charge < -0.3 is 29.7 Å². The van der Waals surface area contributed by atoms with Gasteiger partial charge in [-0.3, -0.25) is 9.59 Å². The van der Waals surface area contributed by atoms with E-state index >= 15 is 0 Å². The lowest BCUT2D eigenvalue weighted by molar-refractivity contribution is -0.118. The third-order valence-corrected chi connectivity index (χ3v) is 6.90. The summed E-state index contributed by atoms with van der Waals surface area (Å²) in [6.45, 7) is 3.16. The van der Waals surface area contributed by atoms with Crippen molar-refractivity contribution in [3.05, 3.63) is 48.0 Å². The van der Waals surface area contributed by atoms with Gasteiger partial charge in [0.1, 0.15) is 5.75 Å². The third-order valence-electron chi connectivity index (χ3n) is 6.90. The van der Waals surface area contributed by atoms with E-state index in [0.717, 1.165) is 6.54 Å². The topological polar surface area (TPSA) is 89.1 Å². The minimum absolute atomic E-state index is 0.0723. The second-order valence-corrected chi connectivity index (χ2v) is 9.14. The van der Waals surface area contributed by atoms with Crippen LogP contribution in [0.5, 0.6) is 17.2 Å². The molecule has 34 heavy (non-hydrogen) atoms. The number of nitrogens with one attached hydrogen (secondary N) is 2. The molecule has 0 saturated carbocycles. The maximum atomic E-state index is 12.7. The van der Waals surface area contributed by atoms with Gasteiger partial charge in [-0.1, -0.05) is 6.42 Å². The van der Waals surface area contributed by atoms with Gasteiger partial charge in [0.25, 0.3) is 11.8 Å². The summed E-state index contributed by atoms with van der Waals surface area (Å²) in [5, 5.41) is 5.91. The molecule has 180 valence electrons. The number of fused-ring (bicyclic) bond motifs is 2. The number of hydrogen-bond acceptors (Lipinski definition) is 6. The average Bonchev–Trinajstić information content (AvgIpc) is 3.34. The number of piperidine rings is 2. The summed E-state index contributed by atoms with van der Waals surface area (Å²) in [5.41, 5.74) is 1.20. The van der Waals surface area contributed by atoms with Crippen LogP contribution >= 0.6 is 0 Å². The number of nitrogens with zero attached hydrogens (tertiary/aromatic N) is 1. The van der Waals surface area contributed by atoms with Crippen molar-refractivity contribution in [2.75, 3.05) is 38.4 Å². The number of anilines is 1. The fourth-order valence-electron chi connectivity index (χ4n) is 5.16. The quantitative estimate of drug-likeness (QED) is 0.651. The molecule has 2 aromatic carbocycles. The van der Waals surface area contributed by atoms with Gasteiger partial charge in [0.15, 0.2) is 18.1 Å². The normalized spacial score (nSPS) is 21.4. The number of rotatable bonds is 7. The van der Waals surface area contributed by atoms with E-state index in [1.165, 1.54) is 45.2 Å². The van der Waals surface area contributed by atoms with Crippen LogP contribution in [0.3, 0.4) is 0 Å².